The molecule has 0 radical (unpaired) electrons. The number of carboxylic acids is 1. The third-order valence-corrected chi connectivity index (χ3v) is 4.69. The minimum atomic E-state index is -0.840. The first kappa shape index (κ1) is 21.0. The highest BCUT2D eigenvalue weighted by molar-refractivity contribution is 5.90. The van der Waals surface area contributed by atoms with E-state index in [1.54, 1.807) is 6.07 Å². The number of unbranched alkanes of at least 4 members (excludes halogenated alkanes) is 1. The molecule has 0 atom stereocenters. The number of rotatable bonds is 12. The van der Waals surface area contributed by atoms with Gasteiger partial charge >= 0.3 is 11.9 Å². The van der Waals surface area contributed by atoms with Crippen molar-refractivity contribution in [2.24, 2.45) is 0 Å². The Balaban J connectivity index is 1.97. The topological polar surface area (TPSA) is 82.6 Å². The van der Waals surface area contributed by atoms with Gasteiger partial charge in [-0.25, -0.2) is 0 Å². The zero-order chi connectivity index (χ0) is 19.6. The maximum Gasteiger partial charge on any atom is 0.311 e. The Morgan fingerprint density at radius 1 is 1.15 bits per heavy atom. The van der Waals surface area contributed by atoms with E-state index in [1.807, 2.05) is 18.3 Å². The number of likely N-dealkylation sites (N-methyl/N-ethyl adjacent to an activating group) is 1. The van der Waals surface area contributed by atoms with Crippen molar-refractivity contribution < 1.29 is 19.4 Å². The molecule has 2 N–H and O–H groups in total. The van der Waals surface area contributed by atoms with E-state index < -0.39 is 5.97 Å². The summed E-state index contributed by atoms with van der Waals surface area (Å²) in [5.74, 6) is -0.639. The van der Waals surface area contributed by atoms with Gasteiger partial charge in [-0.05, 0) is 50.4 Å². The van der Waals surface area contributed by atoms with Crippen LogP contribution in [0.4, 0.5) is 0 Å². The van der Waals surface area contributed by atoms with Crippen LogP contribution >= 0.6 is 0 Å². The number of H-pyrrole nitrogens is 1. The number of nitrogens with zero attached hydrogens (tertiary/aromatic N) is 1. The highest BCUT2D eigenvalue weighted by atomic mass is 16.5. The van der Waals surface area contributed by atoms with Crippen LogP contribution in [0, 0.1) is 0 Å². The van der Waals surface area contributed by atoms with Crippen molar-refractivity contribution in [3.05, 3.63) is 30.0 Å². The summed E-state index contributed by atoms with van der Waals surface area (Å²) in [5.41, 5.74) is 2.06. The van der Waals surface area contributed by atoms with Crippen molar-refractivity contribution in [3.8, 4) is 5.75 Å². The van der Waals surface area contributed by atoms with E-state index in [-0.39, 0.29) is 18.8 Å². The molecule has 0 unspecified atom stereocenters. The predicted octanol–water partition coefficient (Wildman–Crippen LogP) is 3.99. The summed E-state index contributed by atoms with van der Waals surface area (Å²) in [6, 6.07) is 5.73. The van der Waals surface area contributed by atoms with Gasteiger partial charge < -0.3 is 19.7 Å². The van der Waals surface area contributed by atoms with Gasteiger partial charge in [0.25, 0.3) is 0 Å². The zero-order valence-corrected chi connectivity index (χ0v) is 16.3. The van der Waals surface area contributed by atoms with E-state index in [1.165, 1.54) is 5.56 Å². The Morgan fingerprint density at radius 2 is 1.93 bits per heavy atom. The average molecular weight is 374 g/mol. The fourth-order valence-electron chi connectivity index (χ4n) is 3.22. The minimum absolute atomic E-state index is 0.0790. The molecule has 0 saturated carbocycles. The van der Waals surface area contributed by atoms with Crippen LogP contribution in [0.1, 0.15) is 51.5 Å². The molecule has 0 amide bonds. The lowest BCUT2D eigenvalue weighted by atomic mass is 10.1. The summed E-state index contributed by atoms with van der Waals surface area (Å²) in [4.78, 5) is 28.2. The van der Waals surface area contributed by atoms with Crippen LogP contribution in [0.15, 0.2) is 24.4 Å². The number of aliphatic carboxylic acids is 1. The number of esters is 1. The predicted molar refractivity (Wildman–Crippen MR) is 106 cm³/mol. The number of hydrogen-bond donors (Lipinski definition) is 2. The number of hydrogen-bond acceptors (Lipinski definition) is 4. The molecule has 0 aliphatic heterocycles. The Labute approximate surface area is 160 Å². The molecule has 0 bridgehead atoms. The Bertz CT molecular complexity index is 754. The van der Waals surface area contributed by atoms with Crippen LogP contribution in [-0.2, 0) is 16.0 Å². The molecule has 148 valence electrons. The second-order valence-electron chi connectivity index (χ2n) is 6.75. The quantitative estimate of drug-likeness (QED) is 0.333. The second-order valence-corrected chi connectivity index (χ2v) is 6.75. The fraction of sp³-hybridized carbons (Fsp3) is 0.524. The van der Waals surface area contributed by atoms with Gasteiger partial charge in [0.15, 0.2) is 5.75 Å². The van der Waals surface area contributed by atoms with Gasteiger partial charge in [-0.3, -0.25) is 9.59 Å². The number of aromatic amines is 1. The highest BCUT2D eigenvalue weighted by Gasteiger charge is 2.13. The van der Waals surface area contributed by atoms with Gasteiger partial charge in [-0.1, -0.05) is 26.0 Å². The minimum Gasteiger partial charge on any atom is -0.481 e. The van der Waals surface area contributed by atoms with Gasteiger partial charge in [-0.15, -0.1) is 0 Å². The number of carboxylic acid groups (broad SMARTS) is 1. The normalized spacial score (nSPS) is 11.2. The van der Waals surface area contributed by atoms with Crippen LogP contribution in [0.2, 0.25) is 0 Å². The van der Waals surface area contributed by atoms with Crippen LogP contribution in [0.3, 0.4) is 0 Å². The van der Waals surface area contributed by atoms with E-state index in [9.17, 15) is 9.59 Å². The number of ether oxygens (including phenoxy) is 1. The molecule has 6 nitrogen and oxygen atoms in total. The van der Waals surface area contributed by atoms with Gasteiger partial charge in [0.2, 0.25) is 0 Å². The van der Waals surface area contributed by atoms with Crippen LogP contribution in [-0.4, -0.2) is 46.6 Å². The van der Waals surface area contributed by atoms with Crippen molar-refractivity contribution in [3.63, 3.8) is 0 Å². The van der Waals surface area contributed by atoms with Crippen LogP contribution in [0.5, 0.6) is 5.75 Å². The van der Waals surface area contributed by atoms with E-state index in [0.29, 0.717) is 18.6 Å². The summed E-state index contributed by atoms with van der Waals surface area (Å²) in [5, 5.41) is 9.72. The van der Waals surface area contributed by atoms with Crippen molar-refractivity contribution in [2.75, 3.05) is 19.6 Å². The highest BCUT2D eigenvalue weighted by Crippen LogP contribution is 2.28. The van der Waals surface area contributed by atoms with E-state index in [2.05, 4.69) is 23.7 Å². The molecule has 0 fully saturated rings. The first-order valence-corrected chi connectivity index (χ1v) is 9.79. The van der Waals surface area contributed by atoms with Crippen molar-refractivity contribution >= 4 is 22.8 Å². The maximum absolute atomic E-state index is 12.0. The largest absolute Gasteiger partial charge is 0.481 e. The molecular formula is C21H30N2O4. The molecule has 1 aromatic heterocycles. The molecule has 0 aliphatic rings. The number of benzene rings is 1. The number of fused-ring (bicyclic) bond motifs is 1. The lowest BCUT2D eigenvalue weighted by molar-refractivity contribution is -0.138. The first-order valence-electron chi connectivity index (χ1n) is 9.79. The molecule has 27 heavy (non-hydrogen) atoms. The summed E-state index contributed by atoms with van der Waals surface area (Å²) in [6.07, 6.45) is 5.38. The summed E-state index contributed by atoms with van der Waals surface area (Å²) in [6.45, 7) is 7.52. The summed E-state index contributed by atoms with van der Waals surface area (Å²) >= 11 is 0. The number of aromatic nitrogens is 1. The molecule has 2 rings (SSSR count). The molecule has 2 aromatic rings. The maximum atomic E-state index is 12.0. The smallest absolute Gasteiger partial charge is 0.311 e. The molecular weight excluding hydrogens is 344 g/mol. The third kappa shape index (κ3) is 6.40. The molecule has 0 saturated heterocycles. The number of nitrogens with one attached hydrogen (secondary N) is 1. The molecule has 0 spiro atoms. The van der Waals surface area contributed by atoms with Gasteiger partial charge in [0, 0.05) is 31.0 Å². The Hall–Kier alpha value is -2.34. The second kappa shape index (κ2) is 10.7. The number of carbonyl (C=O) groups is 2. The average Bonchev–Trinajstić information content (AvgIpc) is 3.06. The third-order valence-electron chi connectivity index (χ3n) is 4.69. The standard InChI is InChI=1S/C21H30N2O4/c1-3-13-23(4-2)14-12-16-15-22-21-17(16)8-7-9-18(21)27-20(26)11-6-5-10-19(24)25/h7-9,15,22H,3-6,10-14H2,1-2H3,(H,24,25). The molecule has 0 aliphatic carbocycles. The summed E-state index contributed by atoms with van der Waals surface area (Å²) in [7, 11) is 0. The van der Waals surface area contributed by atoms with Gasteiger partial charge in [-0.2, -0.15) is 0 Å². The monoisotopic (exact) mass is 374 g/mol. The Kier molecular flexibility index (Phi) is 8.33. The number of carbonyl (C=O) groups excluding carboxylic acids is 1. The van der Waals surface area contributed by atoms with E-state index in [4.69, 9.17) is 9.84 Å². The van der Waals surface area contributed by atoms with E-state index in [0.717, 1.165) is 43.4 Å². The summed E-state index contributed by atoms with van der Waals surface area (Å²) < 4.78 is 5.51. The lowest BCUT2D eigenvalue weighted by Crippen LogP contribution is -2.26. The van der Waals surface area contributed by atoms with Crippen molar-refractivity contribution in [2.45, 2.75) is 52.4 Å². The van der Waals surface area contributed by atoms with Gasteiger partial charge in [0.1, 0.15) is 0 Å². The lowest BCUT2D eigenvalue weighted by Gasteiger charge is -2.19. The van der Waals surface area contributed by atoms with Crippen LogP contribution in [0.25, 0.3) is 10.9 Å². The number of para-hydroxylation sites is 1. The van der Waals surface area contributed by atoms with Crippen molar-refractivity contribution in [1.29, 1.82) is 0 Å². The van der Waals surface area contributed by atoms with E-state index >= 15 is 0 Å². The SMILES string of the molecule is CCCN(CC)CCc1c[nH]c2c(OC(=O)CCCCC(=O)O)cccc12. The molecule has 1 aromatic carbocycles. The Morgan fingerprint density at radius 3 is 2.63 bits per heavy atom. The van der Waals surface area contributed by atoms with Crippen LogP contribution < -0.4 is 4.74 Å². The molecule has 6 heteroatoms. The van der Waals surface area contributed by atoms with Gasteiger partial charge in [0.05, 0.1) is 5.52 Å². The first-order chi connectivity index (χ1) is 13.0. The zero-order valence-electron chi connectivity index (χ0n) is 16.3. The van der Waals surface area contributed by atoms with Crippen molar-refractivity contribution in [1.82, 2.24) is 9.88 Å². The fourth-order valence-corrected chi connectivity index (χ4v) is 3.22. The molecule has 1 heterocycles.